The number of pyridine rings is 1. The van der Waals surface area contributed by atoms with Crippen molar-refractivity contribution < 1.29 is 14.3 Å². The van der Waals surface area contributed by atoms with E-state index in [1.54, 1.807) is 20.8 Å². The quantitative estimate of drug-likeness (QED) is 0.509. The largest absolute Gasteiger partial charge is 0.444 e. The number of hydrogen-bond donors (Lipinski definition) is 2. The third-order valence-electron chi connectivity index (χ3n) is 5.15. The molecule has 0 spiro atoms. The number of rotatable bonds is 3. The van der Waals surface area contributed by atoms with Crippen molar-refractivity contribution in [1.29, 1.82) is 0 Å². The van der Waals surface area contributed by atoms with Crippen molar-refractivity contribution in [3.8, 4) is 11.4 Å². The molecule has 2 N–H and O–H groups in total. The molecule has 7 heteroatoms. The summed E-state index contributed by atoms with van der Waals surface area (Å²) >= 11 is 0. The summed E-state index contributed by atoms with van der Waals surface area (Å²) in [6.07, 6.45) is -0.626. The first kappa shape index (κ1) is 20.7. The lowest BCUT2D eigenvalue weighted by atomic mass is 10.00. The molecule has 7 nitrogen and oxygen atoms in total. The highest BCUT2D eigenvalue weighted by atomic mass is 16.6. The Kier molecular flexibility index (Phi) is 5.05. The van der Waals surface area contributed by atoms with E-state index in [1.807, 2.05) is 37.4 Å². The van der Waals surface area contributed by atoms with Gasteiger partial charge in [-0.3, -0.25) is 4.79 Å². The second-order valence-corrected chi connectivity index (χ2v) is 8.65. The third-order valence-corrected chi connectivity index (χ3v) is 5.15. The Morgan fingerprint density at radius 3 is 2.58 bits per heavy atom. The normalized spacial score (nSPS) is 11.8. The maximum Gasteiger partial charge on any atom is 0.408 e. The number of carbonyl (C=O) groups is 2. The van der Waals surface area contributed by atoms with Gasteiger partial charge in [-0.15, -0.1) is 0 Å². The van der Waals surface area contributed by atoms with Gasteiger partial charge in [-0.05, 0) is 57.5 Å². The first-order valence-corrected chi connectivity index (χ1v) is 10.2. The predicted octanol–water partition coefficient (Wildman–Crippen LogP) is 4.60. The summed E-state index contributed by atoms with van der Waals surface area (Å²) in [5.74, 6) is 0.572. The number of benzene rings is 2. The molecule has 4 rings (SSSR count). The third kappa shape index (κ3) is 4.03. The molecule has 2 aliphatic heterocycles. The Bertz CT molecular complexity index is 1280. The maximum absolute atomic E-state index is 12.3. The van der Waals surface area contributed by atoms with E-state index in [1.165, 1.54) is 5.39 Å². The Hall–Kier alpha value is -3.61. The van der Waals surface area contributed by atoms with E-state index >= 15 is 0 Å². The van der Waals surface area contributed by atoms with Crippen LogP contribution in [0.3, 0.4) is 0 Å². The number of hydrogen-bond acceptors (Lipinski definition) is 4. The van der Waals surface area contributed by atoms with Crippen LogP contribution in [0, 0.1) is 6.92 Å². The fraction of sp³-hybridized carbons (Fsp3) is 0.292. The first-order valence-electron chi connectivity index (χ1n) is 10.2. The number of nitrogens with zero attached hydrogens (tertiary/aromatic N) is 2. The average molecular weight is 418 g/mol. The summed E-state index contributed by atoms with van der Waals surface area (Å²) in [4.78, 5) is 28.9. The molecule has 0 radical (unpaired) electrons. The van der Waals surface area contributed by atoms with Gasteiger partial charge in [0, 0.05) is 34.6 Å². The zero-order valence-corrected chi connectivity index (χ0v) is 18.4. The fourth-order valence-corrected chi connectivity index (χ4v) is 3.82. The van der Waals surface area contributed by atoms with E-state index in [0.717, 1.165) is 33.4 Å². The van der Waals surface area contributed by atoms with Gasteiger partial charge in [0.2, 0.25) is 5.91 Å². The number of para-hydroxylation sites is 1. The number of aryl methyl sites for hydroxylation is 2. The van der Waals surface area contributed by atoms with E-state index in [9.17, 15) is 9.59 Å². The number of ether oxygens (including phenoxy) is 1. The molecular formula is C24H26N4O3. The number of aromatic nitrogens is 2. The van der Waals surface area contributed by atoms with E-state index in [2.05, 4.69) is 34.3 Å². The van der Waals surface area contributed by atoms with Crippen molar-refractivity contribution in [2.45, 2.75) is 33.3 Å². The van der Waals surface area contributed by atoms with Crippen molar-refractivity contribution in [3.05, 3.63) is 48.0 Å². The minimum Gasteiger partial charge on any atom is -0.444 e. The standard InChI is InChI=1S/C24H26N4O3/c1-14-16-8-6-7-9-19(16)28(5)22-21(14)17-12-15(10-11-18(17)27-22)26-20(29)13-25-23(30)31-24(2,3)4/h6-12H,13H2,1-5H3,(H,25,30)(H,26,29). The van der Waals surface area contributed by atoms with E-state index in [-0.39, 0.29) is 12.5 Å². The van der Waals surface area contributed by atoms with Crippen LogP contribution in [0.2, 0.25) is 0 Å². The lowest BCUT2D eigenvalue weighted by Gasteiger charge is -2.19. The van der Waals surface area contributed by atoms with Crippen LogP contribution in [0.5, 0.6) is 0 Å². The molecule has 2 aromatic carbocycles. The molecular weight excluding hydrogens is 392 g/mol. The lowest BCUT2D eigenvalue weighted by molar-refractivity contribution is -0.115. The van der Waals surface area contributed by atoms with E-state index in [4.69, 9.17) is 9.72 Å². The zero-order chi connectivity index (χ0) is 22.3. The van der Waals surface area contributed by atoms with Crippen molar-refractivity contribution >= 4 is 39.5 Å². The van der Waals surface area contributed by atoms with Gasteiger partial charge < -0.3 is 19.9 Å². The molecule has 0 aliphatic carbocycles. The summed E-state index contributed by atoms with van der Waals surface area (Å²) in [6, 6.07) is 13.9. The van der Waals surface area contributed by atoms with E-state index in [0.29, 0.717) is 5.69 Å². The number of alkyl carbamates (subject to hydrolysis) is 1. The van der Waals surface area contributed by atoms with Crippen LogP contribution >= 0.6 is 0 Å². The molecule has 0 bridgehead atoms. The average Bonchev–Trinajstić information content (AvgIpc) is 3.08. The molecule has 2 amide bonds. The monoisotopic (exact) mass is 418 g/mol. The smallest absolute Gasteiger partial charge is 0.408 e. The summed E-state index contributed by atoms with van der Waals surface area (Å²) in [5, 5.41) is 7.45. The summed E-state index contributed by atoms with van der Waals surface area (Å²) in [5.41, 5.74) is 4.25. The van der Waals surface area contributed by atoms with Crippen LogP contribution < -0.4 is 10.6 Å². The number of carbonyl (C=O) groups excluding carboxylic acids is 2. The van der Waals surface area contributed by atoms with E-state index < -0.39 is 11.7 Å². The highest BCUT2D eigenvalue weighted by molar-refractivity contribution is 6.05. The van der Waals surface area contributed by atoms with Gasteiger partial charge in [-0.25, -0.2) is 9.78 Å². The van der Waals surface area contributed by atoms with Gasteiger partial charge in [-0.1, -0.05) is 18.2 Å². The van der Waals surface area contributed by atoms with Crippen LogP contribution in [0.15, 0.2) is 42.5 Å². The molecule has 31 heavy (non-hydrogen) atoms. The van der Waals surface area contributed by atoms with Crippen LogP contribution in [0.1, 0.15) is 26.3 Å². The molecule has 0 fully saturated rings. The number of fused-ring (bicyclic) bond motifs is 4. The van der Waals surface area contributed by atoms with Crippen LogP contribution in [0.25, 0.3) is 33.2 Å². The summed E-state index contributed by atoms with van der Waals surface area (Å²) in [7, 11) is 2.01. The molecule has 2 aromatic rings. The molecule has 160 valence electrons. The topological polar surface area (TPSA) is 85.2 Å². The minimum absolute atomic E-state index is 0.175. The Labute approximate surface area is 180 Å². The van der Waals surface area contributed by atoms with Crippen molar-refractivity contribution in [2.75, 3.05) is 11.9 Å². The first-order chi connectivity index (χ1) is 14.6. The highest BCUT2D eigenvalue weighted by Crippen LogP contribution is 2.38. The van der Waals surface area contributed by atoms with Gasteiger partial charge in [-0.2, -0.15) is 0 Å². The molecule has 0 unspecified atom stereocenters. The number of nitrogens with one attached hydrogen (secondary N) is 2. The molecule has 2 aliphatic rings. The Balaban J connectivity index is 1.61. The van der Waals surface area contributed by atoms with Crippen molar-refractivity contribution in [3.63, 3.8) is 0 Å². The van der Waals surface area contributed by atoms with Gasteiger partial charge >= 0.3 is 6.09 Å². The second-order valence-electron chi connectivity index (χ2n) is 8.65. The second kappa shape index (κ2) is 7.58. The van der Waals surface area contributed by atoms with Crippen LogP contribution in [-0.4, -0.2) is 33.7 Å². The molecule has 0 atom stereocenters. The summed E-state index contributed by atoms with van der Waals surface area (Å²) < 4.78 is 7.25. The van der Waals surface area contributed by atoms with Gasteiger partial charge in [0.15, 0.2) is 0 Å². The fourth-order valence-electron chi connectivity index (χ4n) is 3.82. The predicted molar refractivity (Wildman–Crippen MR) is 122 cm³/mol. The Morgan fingerprint density at radius 1 is 1.10 bits per heavy atom. The van der Waals surface area contributed by atoms with Crippen LogP contribution in [0.4, 0.5) is 10.5 Å². The van der Waals surface area contributed by atoms with Gasteiger partial charge in [0.25, 0.3) is 0 Å². The van der Waals surface area contributed by atoms with Gasteiger partial charge in [0.1, 0.15) is 18.0 Å². The number of amides is 2. The SMILES string of the molecule is Cc1c2c3cc(NC(=O)CNC(=O)OC(C)(C)C)ccc3nc-2n(C)c2ccccc12. The molecule has 0 aromatic heterocycles. The highest BCUT2D eigenvalue weighted by Gasteiger charge is 2.21. The van der Waals surface area contributed by atoms with Crippen LogP contribution in [-0.2, 0) is 16.6 Å². The molecule has 2 heterocycles. The summed E-state index contributed by atoms with van der Waals surface area (Å²) in [6.45, 7) is 7.23. The van der Waals surface area contributed by atoms with Gasteiger partial charge in [0.05, 0.1) is 5.52 Å². The molecule has 0 saturated heterocycles. The maximum atomic E-state index is 12.3. The lowest BCUT2D eigenvalue weighted by Crippen LogP contribution is -2.37. The molecule has 0 saturated carbocycles. The Morgan fingerprint density at radius 2 is 1.84 bits per heavy atom. The zero-order valence-electron chi connectivity index (χ0n) is 18.4. The van der Waals surface area contributed by atoms with Crippen molar-refractivity contribution in [2.24, 2.45) is 7.05 Å². The van der Waals surface area contributed by atoms with Crippen molar-refractivity contribution in [1.82, 2.24) is 14.9 Å². The minimum atomic E-state index is -0.626. The number of anilines is 1.